The first kappa shape index (κ1) is 23.4. The van der Waals surface area contributed by atoms with Gasteiger partial charge in [0.2, 0.25) is 5.88 Å². The second-order valence-corrected chi connectivity index (χ2v) is 9.25. The van der Waals surface area contributed by atoms with E-state index in [4.69, 9.17) is 14.0 Å². The Kier molecular flexibility index (Phi) is 7.33. The summed E-state index contributed by atoms with van der Waals surface area (Å²) in [7, 11) is 1.60. The van der Waals surface area contributed by atoms with Gasteiger partial charge >= 0.3 is 0 Å². The highest BCUT2D eigenvalue weighted by Gasteiger charge is 2.30. The van der Waals surface area contributed by atoms with Crippen molar-refractivity contribution in [3.8, 4) is 17.0 Å². The monoisotopic (exact) mass is 475 g/mol. The minimum absolute atomic E-state index is 0.0205. The zero-order valence-corrected chi connectivity index (χ0v) is 20.3. The number of para-hydroxylation sites is 1. The van der Waals surface area contributed by atoms with Gasteiger partial charge in [0.25, 0.3) is 5.91 Å². The van der Waals surface area contributed by atoms with Crippen LogP contribution in [0.25, 0.3) is 11.3 Å². The van der Waals surface area contributed by atoms with Crippen LogP contribution in [0.4, 0.5) is 5.88 Å². The van der Waals surface area contributed by atoms with Crippen LogP contribution in [0.5, 0.6) is 5.75 Å². The molecule has 7 heteroatoms. The second-order valence-electron chi connectivity index (χ2n) is 9.25. The molecule has 0 bridgehead atoms. The molecule has 5 rings (SSSR count). The SMILES string of the molecule is COc1ccccc1C(=O)N(Cc1c(-c2ccccc2)noc1N1CCCCC1)C[C@H]1CCCO1. The number of carbonyl (C=O) groups excluding carboxylic acids is 1. The number of hydrogen-bond acceptors (Lipinski definition) is 6. The van der Waals surface area contributed by atoms with Crippen LogP contribution in [-0.4, -0.2) is 55.4 Å². The van der Waals surface area contributed by atoms with Gasteiger partial charge in [0, 0.05) is 31.8 Å². The molecule has 0 spiro atoms. The topological polar surface area (TPSA) is 68.0 Å². The van der Waals surface area contributed by atoms with Crippen LogP contribution < -0.4 is 9.64 Å². The van der Waals surface area contributed by atoms with Crippen molar-refractivity contribution in [3.63, 3.8) is 0 Å². The van der Waals surface area contributed by atoms with E-state index in [2.05, 4.69) is 10.1 Å². The quantitative estimate of drug-likeness (QED) is 0.448. The van der Waals surface area contributed by atoms with E-state index in [-0.39, 0.29) is 12.0 Å². The van der Waals surface area contributed by atoms with Crippen LogP contribution in [0.1, 0.15) is 48.0 Å². The van der Waals surface area contributed by atoms with Crippen molar-refractivity contribution in [1.29, 1.82) is 0 Å². The molecule has 1 amide bonds. The molecule has 7 nitrogen and oxygen atoms in total. The maximum atomic E-state index is 13.9. The lowest BCUT2D eigenvalue weighted by molar-refractivity contribution is 0.0505. The summed E-state index contributed by atoms with van der Waals surface area (Å²) in [5.74, 6) is 1.26. The minimum atomic E-state index is -0.0808. The third-order valence-electron chi connectivity index (χ3n) is 6.88. The highest BCUT2D eigenvalue weighted by Crippen LogP contribution is 2.35. The molecule has 2 aliphatic heterocycles. The minimum Gasteiger partial charge on any atom is -0.496 e. The van der Waals surface area contributed by atoms with Gasteiger partial charge in [-0.15, -0.1) is 0 Å². The molecule has 0 aliphatic carbocycles. The first-order valence-electron chi connectivity index (χ1n) is 12.6. The Morgan fingerprint density at radius 2 is 1.83 bits per heavy atom. The van der Waals surface area contributed by atoms with E-state index >= 15 is 0 Å². The van der Waals surface area contributed by atoms with Crippen molar-refractivity contribution in [2.24, 2.45) is 0 Å². The molecule has 0 radical (unpaired) electrons. The highest BCUT2D eigenvalue weighted by molar-refractivity contribution is 5.97. The van der Waals surface area contributed by atoms with Crippen LogP contribution in [-0.2, 0) is 11.3 Å². The predicted molar refractivity (Wildman–Crippen MR) is 135 cm³/mol. The van der Waals surface area contributed by atoms with E-state index in [0.717, 1.165) is 68.1 Å². The third-order valence-corrected chi connectivity index (χ3v) is 6.88. The van der Waals surface area contributed by atoms with Gasteiger partial charge in [0.1, 0.15) is 11.4 Å². The number of rotatable bonds is 8. The number of anilines is 1. The number of carbonyl (C=O) groups is 1. The van der Waals surface area contributed by atoms with Crippen molar-refractivity contribution in [1.82, 2.24) is 10.1 Å². The Bertz CT molecular complexity index is 1120. The Morgan fingerprint density at radius 3 is 2.57 bits per heavy atom. The number of ether oxygens (including phenoxy) is 2. The van der Waals surface area contributed by atoms with Gasteiger partial charge in [0.05, 0.1) is 30.9 Å². The van der Waals surface area contributed by atoms with Crippen LogP contribution in [0.2, 0.25) is 0 Å². The fourth-order valence-electron chi connectivity index (χ4n) is 5.05. The fourth-order valence-corrected chi connectivity index (χ4v) is 5.05. The van der Waals surface area contributed by atoms with Gasteiger partial charge in [-0.05, 0) is 44.2 Å². The molecule has 3 aromatic rings. The molecule has 0 saturated carbocycles. The summed E-state index contributed by atoms with van der Waals surface area (Å²) in [5.41, 5.74) is 3.26. The molecule has 2 aliphatic rings. The van der Waals surface area contributed by atoms with Crippen molar-refractivity contribution >= 4 is 11.8 Å². The number of nitrogens with zero attached hydrogens (tertiary/aromatic N) is 3. The molecule has 2 saturated heterocycles. The fraction of sp³-hybridized carbons (Fsp3) is 0.429. The zero-order valence-electron chi connectivity index (χ0n) is 20.3. The van der Waals surface area contributed by atoms with Gasteiger partial charge < -0.3 is 23.8 Å². The molecule has 0 N–H and O–H groups in total. The molecule has 0 unspecified atom stereocenters. The van der Waals surface area contributed by atoms with E-state index in [0.29, 0.717) is 24.4 Å². The normalized spacial score (nSPS) is 18.0. The second kappa shape index (κ2) is 11.0. The van der Waals surface area contributed by atoms with Crippen molar-refractivity contribution in [2.75, 3.05) is 38.3 Å². The van der Waals surface area contributed by atoms with E-state index in [1.165, 1.54) is 6.42 Å². The molecule has 3 heterocycles. The van der Waals surface area contributed by atoms with Crippen LogP contribution >= 0.6 is 0 Å². The summed E-state index contributed by atoms with van der Waals surface area (Å²) >= 11 is 0. The molecular weight excluding hydrogens is 442 g/mol. The first-order chi connectivity index (χ1) is 17.2. The number of methoxy groups -OCH3 is 1. The molecule has 2 fully saturated rings. The van der Waals surface area contributed by atoms with E-state index < -0.39 is 0 Å². The molecule has 35 heavy (non-hydrogen) atoms. The maximum absolute atomic E-state index is 13.9. The lowest BCUT2D eigenvalue weighted by Gasteiger charge is -2.29. The molecule has 1 aromatic heterocycles. The molecule has 2 aromatic carbocycles. The van der Waals surface area contributed by atoms with E-state index in [9.17, 15) is 4.79 Å². The Balaban J connectivity index is 1.53. The average molecular weight is 476 g/mol. The Morgan fingerprint density at radius 1 is 1.06 bits per heavy atom. The number of amides is 1. The van der Waals surface area contributed by atoms with Gasteiger partial charge in [-0.1, -0.05) is 47.6 Å². The largest absolute Gasteiger partial charge is 0.496 e. The standard InChI is InChI=1S/C28H33N3O4/c1-33-25-15-7-6-14-23(25)27(32)31(19-22-13-10-18-34-22)20-24-26(21-11-4-2-5-12-21)29-35-28(24)30-16-8-3-9-17-30/h2,4-7,11-12,14-15,22H,3,8-10,13,16-20H2,1H3/t22-/m1/s1. The summed E-state index contributed by atoms with van der Waals surface area (Å²) in [6.45, 7) is 3.50. The van der Waals surface area contributed by atoms with E-state index in [1.807, 2.05) is 59.5 Å². The Hall–Kier alpha value is -3.32. The van der Waals surface area contributed by atoms with Crippen LogP contribution in [0.15, 0.2) is 59.1 Å². The van der Waals surface area contributed by atoms with Crippen LogP contribution in [0.3, 0.4) is 0 Å². The number of hydrogen-bond donors (Lipinski definition) is 0. The predicted octanol–water partition coefficient (Wildman–Crippen LogP) is 5.16. The van der Waals surface area contributed by atoms with Crippen molar-refractivity contribution in [2.45, 2.75) is 44.8 Å². The van der Waals surface area contributed by atoms with Gasteiger partial charge in [-0.25, -0.2) is 0 Å². The highest BCUT2D eigenvalue weighted by atomic mass is 16.5. The number of piperidine rings is 1. The maximum Gasteiger partial charge on any atom is 0.258 e. The van der Waals surface area contributed by atoms with Gasteiger partial charge in [0.15, 0.2) is 0 Å². The first-order valence-corrected chi connectivity index (χ1v) is 12.6. The zero-order chi connectivity index (χ0) is 24.0. The molecular formula is C28H33N3O4. The van der Waals surface area contributed by atoms with E-state index in [1.54, 1.807) is 7.11 Å². The number of aromatic nitrogens is 1. The Labute approximate surface area is 206 Å². The summed E-state index contributed by atoms with van der Waals surface area (Å²) in [4.78, 5) is 18.0. The summed E-state index contributed by atoms with van der Waals surface area (Å²) in [5, 5.41) is 4.50. The smallest absolute Gasteiger partial charge is 0.258 e. The van der Waals surface area contributed by atoms with Crippen LogP contribution in [0, 0.1) is 0 Å². The third kappa shape index (κ3) is 5.20. The summed E-state index contributed by atoms with van der Waals surface area (Å²) in [6, 6.07) is 17.4. The van der Waals surface area contributed by atoms with Crippen molar-refractivity contribution in [3.05, 3.63) is 65.7 Å². The lowest BCUT2D eigenvalue weighted by atomic mass is 10.0. The molecule has 1 atom stereocenters. The summed E-state index contributed by atoms with van der Waals surface area (Å²) in [6.07, 6.45) is 5.46. The summed E-state index contributed by atoms with van der Waals surface area (Å²) < 4.78 is 17.4. The average Bonchev–Trinajstić information content (AvgIpc) is 3.59. The van der Waals surface area contributed by atoms with Crippen molar-refractivity contribution < 1.29 is 18.8 Å². The lowest BCUT2D eigenvalue weighted by Crippen LogP contribution is -2.38. The number of benzene rings is 2. The molecule has 184 valence electrons. The van der Waals surface area contributed by atoms with Gasteiger partial charge in [-0.3, -0.25) is 4.79 Å². The van der Waals surface area contributed by atoms with Gasteiger partial charge in [-0.2, -0.15) is 0 Å².